The summed E-state index contributed by atoms with van der Waals surface area (Å²) in [5.74, 6) is -0.158. The zero-order chi connectivity index (χ0) is 17.3. The standard InChI is InChI=1S/C17H22N4O2S/c1-12-11-13(2)19(3)15(22)14(12)16(23)20-6-4-7-21(9-8-20)17-18-5-10-24-17/h5,10-11H,4,6-9H2,1-3H3. The molecule has 0 aliphatic carbocycles. The summed E-state index contributed by atoms with van der Waals surface area (Å²) >= 11 is 1.61. The van der Waals surface area contributed by atoms with Crippen LogP contribution in [0.5, 0.6) is 0 Å². The lowest BCUT2D eigenvalue weighted by molar-refractivity contribution is 0.0764. The maximum absolute atomic E-state index is 12.9. The van der Waals surface area contributed by atoms with Crippen molar-refractivity contribution in [2.24, 2.45) is 7.05 Å². The average molecular weight is 346 g/mol. The Balaban J connectivity index is 1.81. The van der Waals surface area contributed by atoms with E-state index in [-0.39, 0.29) is 11.5 Å². The Morgan fingerprint density at radius 3 is 2.71 bits per heavy atom. The maximum Gasteiger partial charge on any atom is 0.263 e. The number of aromatic nitrogens is 2. The summed E-state index contributed by atoms with van der Waals surface area (Å²) in [5, 5.41) is 2.95. The molecule has 1 amide bonds. The van der Waals surface area contributed by atoms with Crippen molar-refractivity contribution < 1.29 is 4.79 Å². The minimum atomic E-state index is -0.210. The van der Waals surface area contributed by atoms with E-state index >= 15 is 0 Å². The maximum atomic E-state index is 12.9. The number of anilines is 1. The van der Waals surface area contributed by atoms with Crippen LogP contribution >= 0.6 is 11.3 Å². The number of carbonyl (C=O) groups excluding carboxylic acids is 1. The summed E-state index contributed by atoms with van der Waals surface area (Å²) in [6.07, 6.45) is 2.67. The number of thiazole rings is 1. The number of aryl methyl sites for hydroxylation is 2. The van der Waals surface area contributed by atoms with Crippen molar-refractivity contribution in [3.63, 3.8) is 0 Å². The fraction of sp³-hybridized carbons (Fsp3) is 0.471. The molecule has 1 aliphatic rings. The number of hydrogen-bond acceptors (Lipinski definition) is 5. The predicted octanol–water partition coefficient (Wildman–Crippen LogP) is 1.81. The van der Waals surface area contributed by atoms with Gasteiger partial charge in [0.05, 0.1) is 0 Å². The average Bonchev–Trinajstić information content (AvgIpc) is 2.97. The van der Waals surface area contributed by atoms with E-state index in [9.17, 15) is 9.59 Å². The zero-order valence-corrected chi connectivity index (χ0v) is 15.1. The smallest absolute Gasteiger partial charge is 0.263 e. The van der Waals surface area contributed by atoms with Crippen LogP contribution in [0.25, 0.3) is 0 Å². The molecule has 0 aromatic carbocycles. The van der Waals surface area contributed by atoms with Crippen LogP contribution in [0.15, 0.2) is 22.4 Å². The van der Waals surface area contributed by atoms with Gasteiger partial charge in [-0.1, -0.05) is 0 Å². The Morgan fingerprint density at radius 1 is 1.21 bits per heavy atom. The van der Waals surface area contributed by atoms with Gasteiger partial charge in [-0.25, -0.2) is 4.98 Å². The molecule has 1 fully saturated rings. The van der Waals surface area contributed by atoms with Gasteiger partial charge in [0.25, 0.3) is 11.5 Å². The number of carbonyl (C=O) groups is 1. The highest BCUT2D eigenvalue weighted by Crippen LogP contribution is 2.19. The minimum absolute atomic E-state index is 0.158. The number of rotatable bonds is 2. The summed E-state index contributed by atoms with van der Waals surface area (Å²) in [6.45, 7) is 6.60. The van der Waals surface area contributed by atoms with Gasteiger partial charge >= 0.3 is 0 Å². The zero-order valence-electron chi connectivity index (χ0n) is 14.3. The van der Waals surface area contributed by atoms with Crippen molar-refractivity contribution in [2.45, 2.75) is 20.3 Å². The van der Waals surface area contributed by atoms with Crippen LogP contribution in [0.4, 0.5) is 5.13 Å². The Kier molecular flexibility index (Phi) is 4.71. The molecule has 2 aromatic heterocycles. The van der Waals surface area contributed by atoms with E-state index in [0.717, 1.165) is 35.9 Å². The molecule has 0 N–H and O–H groups in total. The second kappa shape index (κ2) is 6.76. The van der Waals surface area contributed by atoms with E-state index in [1.54, 1.807) is 34.0 Å². The van der Waals surface area contributed by atoms with Crippen molar-refractivity contribution >= 4 is 22.4 Å². The van der Waals surface area contributed by atoms with Gasteiger partial charge < -0.3 is 14.4 Å². The number of nitrogens with zero attached hydrogens (tertiary/aromatic N) is 4. The second-order valence-electron chi connectivity index (χ2n) is 6.16. The molecule has 6 nitrogen and oxygen atoms in total. The number of amides is 1. The molecule has 0 bridgehead atoms. The topological polar surface area (TPSA) is 58.4 Å². The molecular formula is C17H22N4O2S. The Hall–Kier alpha value is -2.15. The Morgan fingerprint density at radius 2 is 2.00 bits per heavy atom. The molecule has 2 aromatic rings. The lowest BCUT2D eigenvalue weighted by Gasteiger charge is -2.22. The predicted molar refractivity (Wildman–Crippen MR) is 96.0 cm³/mol. The third-order valence-electron chi connectivity index (χ3n) is 4.55. The molecule has 0 unspecified atom stereocenters. The van der Waals surface area contributed by atoms with Crippen molar-refractivity contribution in [1.29, 1.82) is 0 Å². The van der Waals surface area contributed by atoms with Crippen LogP contribution < -0.4 is 10.5 Å². The van der Waals surface area contributed by atoms with Gasteiger partial charge in [-0.15, -0.1) is 11.3 Å². The quantitative estimate of drug-likeness (QED) is 0.832. The van der Waals surface area contributed by atoms with E-state index in [1.165, 1.54) is 0 Å². The first-order valence-corrected chi connectivity index (χ1v) is 8.98. The second-order valence-corrected chi connectivity index (χ2v) is 7.03. The van der Waals surface area contributed by atoms with Gasteiger partial charge in [-0.3, -0.25) is 9.59 Å². The first kappa shape index (κ1) is 16.7. The first-order chi connectivity index (χ1) is 11.5. The van der Waals surface area contributed by atoms with Gasteiger partial charge in [-0.2, -0.15) is 0 Å². The van der Waals surface area contributed by atoms with Gasteiger partial charge in [0.15, 0.2) is 5.13 Å². The molecule has 0 atom stereocenters. The summed E-state index contributed by atoms with van der Waals surface area (Å²) in [4.78, 5) is 33.8. The number of hydrogen-bond donors (Lipinski definition) is 0. The minimum Gasteiger partial charge on any atom is -0.346 e. The molecule has 3 rings (SSSR count). The highest BCUT2D eigenvalue weighted by atomic mass is 32.1. The van der Waals surface area contributed by atoms with Gasteiger partial charge in [0, 0.05) is 50.5 Å². The Bertz CT molecular complexity index is 798. The third kappa shape index (κ3) is 3.08. The lowest BCUT2D eigenvalue weighted by atomic mass is 10.1. The van der Waals surface area contributed by atoms with Crippen molar-refractivity contribution in [1.82, 2.24) is 14.5 Å². The van der Waals surface area contributed by atoms with Crippen LogP contribution in [0, 0.1) is 13.8 Å². The van der Waals surface area contributed by atoms with E-state index in [4.69, 9.17) is 0 Å². The molecule has 24 heavy (non-hydrogen) atoms. The molecule has 1 aliphatic heterocycles. The summed E-state index contributed by atoms with van der Waals surface area (Å²) in [5.41, 5.74) is 1.70. The third-order valence-corrected chi connectivity index (χ3v) is 5.39. The molecule has 128 valence electrons. The summed E-state index contributed by atoms with van der Waals surface area (Å²) in [7, 11) is 1.71. The molecule has 0 spiro atoms. The molecular weight excluding hydrogens is 324 g/mol. The van der Waals surface area contributed by atoms with Crippen molar-refractivity contribution in [3.8, 4) is 0 Å². The van der Waals surface area contributed by atoms with Crippen LogP contribution in [0.3, 0.4) is 0 Å². The van der Waals surface area contributed by atoms with Crippen LogP contribution in [-0.4, -0.2) is 46.5 Å². The van der Waals surface area contributed by atoms with E-state index in [1.807, 2.05) is 25.3 Å². The van der Waals surface area contributed by atoms with E-state index in [2.05, 4.69) is 9.88 Å². The molecule has 7 heteroatoms. The largest absolute Gasteiger partial charge is 0.346 e. The lowest BCUT2D eigenvalue weighted by Crippen LogP contribution is -2.39. The first-order valence-electron chi connectivity index (χ1n) is 8.10. The number of pyridine rings is 1. The molecule has 3 heterocycles. The SMILES string of the molecule is Cc1cc(C)n(C)c(=O)c1C(=O)N1CCCN(c2nccs2)CC1. The monoisotopic (exact) mass is 346 g/mol. The van der Waals surface area contributed by atoms with Gasteiger partial charge in [0.1, 0.15) is 5.56 Å². The van der Waals surface area contributed by atoms with Crippen LogP contribution in [-0.2, 0) is 7.05 Å². The van der Waals surface area contributed by atoms with E-state index < -0.39 is 0 Å². The van der Waals surface area contributed by atoms with Crippen LogP contribution in [0.2, 0.25) is 0 Å². The fourth-order valence-corrected chi connectivity index (χ4v) is 3.78. The molecule has 0 saturated carbocycles. The Labute approximate surface area is 145 Å². The highest BCUT2D eigenvalue weighted by Gasteiger charge is 2.25. The normalized spacial score (nSPS) is 15.5. The van der Waals surface area contributed by atoms with Crippen molar-refractivity contribution in [3.05, 3.63) is 44.8 Å². The van der Waals surface area contributed by atoms with Crippen molar-refractivity contribution in [2.75, 3.05) is 31.1 Å². The molecule has 1 saturated heterocycles. The van der Waals surface area contributed by atoms with Gasteiger partial charge in [-0.05, 0) is 31.9 Å². The summed E-state index contributed by atoms with van der Waals surface area (Å²) in [6, 6.07) is 1.90. The van der Waals surface area contributed by atoms with Crippen LogP contribution in [0.1, 0.15) is 28.0 Å². The van der Waals surface area contributed by atoms with Gasteiger partial charge in [0.2, 0.25) is 0 Å². The highest BCUT2D eigenvalue weighted by molar-refractivity contribution is 7.13. The summed E-state index contributed by atoms with van der Waals surface area (Å²) < 4.78 is 1.54. The fourth-order valence-electron chi connectivity index (χ4n) is 3.08. The van der Waals surface area contributed by atoms with E-state index in [0.29, 0.717) is 18.7 Å². The molecule has 0 radical (unpaired) electrons.